The van der Waals surface area contributed by atoms with Crippen LogP contribution in [-0.2, 0) is 6.42 Å². The number of anilines is 1. The third kappa shape index (κ3) is 4.70. The number of hydrogen-bond acceptors (Lipinski definition) is 3. The zero-order valence-electron chi connectivity index (χ0n) is 17.3. The Balaban J connectivity index is 1.34. The molecular weight excluding hydrogens is 360 g/mol. The maximum absolute atomic E-state index is 4.79. The summed E-state index contributed by atoms with van der Waals surface area (Å²) in [6.45, 7) is 7.84. The molecule has 29 heavy (non-hydrogen) atoms. The molecule has 1 aliphatic heterocycles. The molecule has 1 saturated heterocycles. The van der Waals surface area contributed by atoms with Gasteiger partial charge in [0.05, 0.1) is 5.69 Å². The van der Waals surface area contributed by atoms with Gasteiger partial charge in [-0.15, -0.1) is 0 Å². The van der Waals surface area contributed by atoms with Gasteiger partial charge in [0.2, 0.25) is 0 Å². The van der Waals surface area contributed by atoms with E-state index in [1.807, 2.05) is 6.20 Å². The molecule has 3 heterocycles. The maximum Gasteiger partial charge on any atom is 0.191 e. The first-order chi connectivity index (χ1) is 14.2. The minimum atomic E-state index is 0.408. The molecule has 2 N–H and O–H groups in total. The van der Waals surface area contributed by atoms with Crippen LogP contribution in [0.25, 0.3) is 5.65 Å². The molecule has 6 nitrogen and oxygen atoms in total. The fourth-order valence-corrected chi connectivity index (χ4v) is 3.87. The first-order valence-electron chi connectivity index (χ1n) is 10.5. The molecule has 4 rings (SSSR count). The molecule has 1 aromatic carbocycles. The zero-order valence-corrected chi connectivity index (χ0v) is 17.3. The summed E-state index contributed by atoms with van der Waals surface area (Å²) in [6.07, 6.45) is 6.10. The Labute approximate surface area is 172 Å². The lowest BCUT2D eigenvalue weighted by Gasteiger charge is -2.20. The molecule has 0 radical (unpaired) electrons. The molecule has 1 unspecified atom stereocenters. The number of benzene rings is 1. The second-order valence-electron chi connectivity index (χ2n) is 7.58. The van der Waals surface area contributed by atoms with Crippen molar-refractivity contribution < 1.29 is 0 Å². The highest BCUT2D eigenvalue weighted by molar-refractivity contribution is 5.80. The first kappa shape index (κ1) is 19.3. The number of para-hydroxylation sites is 1. The second-order valence-corrected chi connectivity index (χ2v) is 7.58. The molecule has 1 fully saturated rings. The number of nitrogens with one attached hydrogen (secondary N) is 2. The maximum atomic E-state index is 4.79. The van der Waals surface area contributed by atoms with Crippen LogP contribution in [0.3, 0.4) is 0 Å². The molecule has 2 aromatic heterocycles. The third-order valence-corrected chi connectivity index (χ3v) is 5.36. The standard InChI is InChI=1S/C23H30N6/c1-3-24-23(27-20-12-15-28(16-20)21-9-5-4-6-10-21)25-13-11-19-17-29-14-7-8-18(2)22(29)26-19/h4-10,14,17,20H,3,11-13,15-16H2,1-2H3,(H2,24,25,27). The van der Waals surface area contributed by atoms with Gasteiger partial charge >= 0.3 is 0 Å². The van der Waals surface area contributed by atoms with Crippen LogP contribution in [0, 0.1) is 6.92 Å². The average Bonchev–Trinajstić information content (AvgIpc) is 3.36. The number of rotatable bonds is 6. The quantitative estimate of drug-likeness (QED) is 0.502. The molecule has 0 amide bonds. The zero-order chi connectivity index (χ0) is 20.1. The average molecular weight is 391 g/mol. The van der Waals surface area contributed by atoms with Crippen LogP contribution >= 0.6 is 0 Å². The second kappa shape index (κ2) is 8.99. The van der Waals surface area contributed by atoms with Crippen molar-refractivity contribution >= 4 is 17.3 Å². The fourth-order valence-electron chi connectivity index (χ4n) is 3.87. The highest BCUT2D eigenvalue weighted by Gasteiger charge is 2.23. The Morgan fingerprint density at radius 1 is 1.21 bits per heavy atom. The summed E-state index contributed by atoms with van der Waals surface area (Å²) in [5.74, 6) is 0.896. The van der Waals surface area contributed by atoms with Gasteiger partial charge in [0, 0.05) is 56.7 Å². The highest BCUT2D eigenvalue weighted by atomic mass is 15.2. The minimum absolute atomic E-state index is 0.408. The summed E-state index contributed by atoms with van der Waals surface area (Å²) < 4.78 is 2.09. The van der Waals surface area contributed by atoms with E-state index in [0.717, 1.165) is 49.8 Å². The summed E-state index contributed by atoms with van der Waals surface area (Å²) in [5.41, 5.74) is 4.60. The van der Waals surface area contributed by atoms with Gasteiger partial charge in [0.25, 0.3) is 0 Å². The number of fused-ring (bicyclic) bond motifs is 1. The smallest absolute Gasteiger partial charge is 0.191 e. The fraction of sp³-hybridized carbons (Fsp3) is 0.391. The lowest BCUT2D eigenvalue weighted by molar-refractivity contribution is 0.649. The Morgan fingerprint density at radius 3 is 2.86 bits per heavy atom. The van der Waals surface area contributed by atoms with E-state index in [9.17, 15) is 0 Å². The van der Waals surface area contributed by atoms with Crippen molar-refractivity contribution in [1.82, 2.24) is 20.0 Å². The van der Waals surface area contributed by atoms with Crippen molar-refractivity contribution in [2.45, 2.75) is 32.7 Å². The van der Waals surface area contributed by atoms with Crippen LogP contribution in [0.4, 0.5) is 5.69 Å². The first-order valence-corrected chi connectivity index (χ1v) is 10.5. The van der Waals surface area contributed by atoms with Gasteiger partial charge in [0.15, 0.2) is 5.96 Å². The molecule has 0 bridgehead atoms. The number of nitrogens with zero attached hydrogens (tertiary/aromatic N) is 4. The van der Waals surface area contributed by atoms with E-state index in [0.29, 0.717) is 12.6 Å². The Hall–Kier alpha value is -3.02. The molecule has 6 heteroatoms. The van der Waals surface area contributed by atoms with Gasteiger partial charge < -0.3 is 19.9 Å². The van der Waals surface area contributed by atoms with Crippen LogP contribution in [0.5, 0.6) is 0 Å². The number of aromatic nitrogens is 2. The van der Waals surface area contributed by atoms with Crippen molar-refractivity contribution in [2.75, 3.05) is 31.1 Å². The third-order valence-electron chi connectivity index (χ3n) is 5.36. The lowest BCUT2D eigenvalue weighted by atomic mass is 10.2. The van der Waals surface area contributed by atoms with E-state index < -0.39 is 0 Å². The van der Waals surface area contributed by atoms with Crippen LogP contribution in [-0.4, -0.2) is 47.6 Å². The van der Waals surface area contributed by atoms with Crippen LogP contribution in [0.1, 0.15) is 24.6 Å². The summed E-state index contributed by atoms with van der Waals surface area (Å²) >= 11 is 0. The lowest BCUT2D eigenvalue weighted by Crippen LogP contribution is -2.44. The SMILES string of the molecule is CCNC(=NCCc1cn2cccc(C)c2n1)NC1CCN(c2ccccc2)C1. The topological polar surface area (TPSA) is 57.0 Å². The number of aliphatic imine (C=N–C) groups is 1. The van der Waals surface area contributed by atoms with Crippen LogP contribution < -0.4 is 15.5 Å². The van der Waals surface area contributed by atoms with Gasteiger partial charge in [0.1, 0.15) is 5.65 Å². The monoisotopic (exact) mass is 390 g/mol. The number of pyridine rings is 1. The van der Waals surface area contributed by atoms with E-state index in [1.54, 1.807) is 0 Å². The molecule has 1 atom stereocenters. The van der Waals surface area contributed by atoms with Gasteiger partial charge in [-0.05, 0) is 44.0 Å². The molecule has 1 aliphatic rings. The van der Waals surface area contributed by atoms with Crippen LogP contribution in [0.15, 0.2) is 59.9 Å². The summed E-state index contributed by atoms with van der Waals surface area (Å²) in [5, 5.41) is 6.99. The van der Waals surface area contributed by atoms with Crippen molar-refractivity contribution in [3.05, 3.63) is 66.1 Å². The highest BCUT2D eigenvalue weighted by Crippen LogP contribution is 2.19. The Morgan fingerprint density at radius 2 is 2.07 bits per heavy atom. The number of imidazole rings is 1. The van der Waals surface area contributed by atoms with E-state index in [2.05, 4.69) is 82.4 Å². The predicted molar refractivity (Wildman–Crippen MR) is 120 cm³/mol. The minimum Gasteiger partial charge on any atom is -0.369 e. The summed E-state index contributed by atoms with van der Waals surface area (Å²) in [7, 11) is 0. The number of hydrogen-bond donors (Lipinski definition) is 2. The van der Waals surface area contributed by atoms with Crippen molar-refractivity contribution in [3.8, 4) is 0 Å². The normalized spacial score (nSPS) is 17.1. The molecule has 152 valence electrons. The van der Waals surface area contributed by atoms with Gasteiger partial charge in [-0.25, -0.2) is 4.98 Å². The van der Waals surface area contributed by atoms with Crippen molar-refractivity contribution in [3.63, 3.8) is 0 Å². The predicted octanol–water partition coefficient (Wildman–Crippen LogP) is 3.02. The van der Waals surface area contributed by atoms with Crippen LogP contribution in [0.2, 0.25) is 0 Å². The van der Waals surface area contributed by atoms with Gasteiger partial charge in [-0.3, -0.25) is 4.99 Å². The number of aryl methyl sites for hydroxylation is 1. The van der Waals surface area contributed by atoms with E-state index in [1.165, 1.54) is 11.3 Å². The van der Waals surface area contributed by atoms with Gasteiger partial charge in [-0.2, -0.15) is 0 Å². The molecular formula is C23H30N6. The molecule has 3 aromatic rings. The molecule has 0 aliphatic carbocycles. The Kier molecular flexibility index (Phi) is 5.98. The largest absolute Gasteiger partial charge is 0.369 e. The number of guanidine groups is 1. The molecule has 0 spiro atoms. The van der Waals surface area contributed by atoms with Crippen molar-refractivity contribution in [2.24, 2.45) is 4.99 Å². The van der Waals surface area contributed by atoms with E-state index in [-0.39, 0.29) is 0 Å². The molecule has 0 saturated carbocycles. The summed E-state index contributed by atoms with van der Waals surface area (Å²) in [6, 6.07) is 15.2. The van der Waals surface area contributed by atoms with Gasteiger partial charge in [-0.1, -0.05) is 24.3 Å². The van der Waals surface area contributed by atoms with E-state index >= 15 is 0 Å². The van der Waals surface area contributed by atoms with E-state index in [4.69, 9.17) is 9.98 Å². The Bertz CT molecular complexity index is 962. The summed E-state index contributed by atoms with van der Waals surface area (Å²) in [4.78, 5) is 12.0. The van der Waals surface area contributed by atoms with Crippen molar-refractivity contribution in [1.29, 1.82) is 0 Å².